The monoisotopic (exact) mass is 460 g/mol. The van der Waals surface area contributed by atoms with Crippen molar-refractivity contribution in [3.63, 3.8) is 0 Å². The van der Waals surface area contributed by atoms with Crippen LogP contribution in [0, 0.1) is 5.41 Å². The van der Waals surface area contributed by atoms with Crippen molar-refractivity contribution in [2.75, 3.05) is 19.7 Å². The van der Waals surface area contributed by atoms with Crippen LogP contribution in [-0.4, -0.2) is 52.6 Å². The number of rotatable bonds is 1. The standard InChI is InChI=1S/C27H32N4O3/c1-19-18-34-23-12-5-2-8-20(23)9-6-7-13-27(26(33)28-19)14-16-31(17-15-27)25(32)24-21-10-3-4-11-22(21)29-30-24/h2-5,8,10-12,19H,6-7,9,13-18H2,1H3,(H,28,33)(H,29,30)/t19-/m1/s1. The summed E-state index contributed by atoms with van der Waals surface area (Å²) in [4.78, 5) is 28.5. The topological polar surface area (TPSA) is 87.3 Å². The Balaban J connectivity index is 1.29. The molecule has 1 aromatic heterocycles. The number of nitrogens with zero attached hydrogens (tertiary/aromatic N) is 2. The van der Waals surface area contributed by atoms with Gasteiger partial charge in [0.2, 0.25) is 5.91 Å². The summed E-state index contributed by atoms with van der Waals surface area (Å²) in [5, 5.41) is 11.3. The van der Waals surface area contributed by atoms with Crippen LogP contribution < -0.4 is 10.1 Å². The third-order valence-electron chi connectivity index (χ3n) is 7.35. The van der Waals surface area contributed by atoms with Gasteiger partial charge in [-0.05, 0) is 56.7 Å². The molecule has 1 spiro atoms. The molecule has 2 N–H and O–H groups in total. The number of aryl methyl sites for hydroxylation is 1. The fourth-order valence-electron chi connectivity index (χ4n) is 5.27. The van der Waals surface area contributed by atoms with E-state index in [-0.39, 0.29) is 17.9 Å². The second-order valence-electron chi connectivity index (χ2n) is 9.69. The van der Waals surface area contributed by atoms with Crippen LogP contribution in [0.2, 0.25) is 0 Å². The first-order chi connectivity index (χ1) is 16.6. The van der Waals surface area contributed by atoms with Crippen LogP contribution >= 0.6 is 0 Å². The number of para-hydroxylation sites is 2. The highest BCUT2D eigenvalue weighted by Gasteiger charge is 2.42. The Morgan fingerprint density at radius 2 is 1.82 bits per heavy atom. The molecule has 2 amide bonds. The zero-order chi connectivity index (χ0) is 23.5. The van der Waals surface area contributed by atoms with Gasteiger partial charge in [-0.2, -0.15) is 5.10 Å². The molecule has 34 heavy (non-hydrogen) atoms. The molecular formula is C27H32N4O3. The van der Waals surface area contributed by atoms with E-state index in [1.807, 2.05) is 48.2 Å². The van der Waals surface area contributed by atoms with Crippen molar-refractivity contribution >= 4 is 22.7 Å². The number of ether oxygens (including phenoxy) is 1. The Bertz CT molecular complexity index is 1180. The number of hydrogen-bond donors (Lipinski definition) is 2. The number of fused-ring (bicyclic) bond motifs is 2. The highest BCUT2D eigenvalue weighted by atomic mass is 16.5. The van der Waals surface area contributed by atoms with Gasteiger partial charge in [-0.25, -0.2) is 0 Å². The van der Waals surface area contributed by atoms with Gasteiger partial charge in [0.25, 0.3) is 5.91 Å². The zero-order valence-corrected chi connectivity index (χ0v) is 19.7. The van der Waals surface area contributed by atoms with E-state index in [2.05, 4.69) is 27.6 Å². The van der Waals surface area contributed by atoms with Gasteiger partial charge in [0.15, 0.2) is 5.69 Å². The van der Waals surface area contributed by atoms with Crippen molar-refractivity contribution in [2.45, 2.75) is 51.5 Å². The summed E-state index contributed by atoms with van der Waals surface area (Å²) < 4.78 is 6.04. The van der Waals surface area contributed by atoms with E-state index in [1.165, 1.54) is 5.56 Å². The van der Waals surface area contributed by atoms with Crippen molar-refractivity contribution in [1.82, 2.24) is 20.4 Å². The predicted molar refractivity (Wildman–Crippen MR) is 131 cm³/mol. The molecule has 1 atom stereocenters. The summed E-state index contributed by atoms with van der Waals surface area (Å²) >= 11 is 0. The van der Waals surface area contributed by atoms with E-state index in [0.717, 1.165) is 42.3 Å². The Labute approximate surface area is 199 Å². The lowest BCUT2D eigenvalue weighted by Crippen LogP contribution is -2.52. The predicted octanol–water partition coefficient (Wildman–Crippen LogP) is 4.10. The van der Waals surface area contributed by atoms with Crippen LogP contribution in [0.4, 0.5) is 0 Å². The molecule has 3 aromatic rings. The summed E-state index contributed by atoms with van der Waals surface area (Å²) in [6.07, 6.45) is 5.08. The third kappa shape index (κ3) is 4.39. The normalized spacial score (nSPS) is 21.1. The molecule has 0 aliphatic carbocycles. The fourth-order valence-corrected chi connectivity index (χ4v) is 5.27. The minimum absolute atomic E-state index is 0.0702. The summed E-state index contributed by atoms with van der Waals surface area (Å²) in [6.45, 7) is 3.54. The second kappa shape index (κ2) is 9.49. The molecule has 0 saturated carbocycles. The zero-order valence-electron chi connectivity index (χ0n) is 19.7. The van der Waals surface area contributed by atoms with Gasteiger partial charge in [-0.15, -0.1) is 0 Å². The average Bonchev–Trinajstić information content (AvgIpc) is 3.29. The summed E-state index contributed by atoms with van der Waals surface area (Å²) in [6, 6.07) is 15.8. The largest absolute Gasteiger partial charge is 0.491 e. The lowest BCUT2D eigenvalue weighted by Gasteiger charge is -2.41. The van der Waals surface area contributed by atoms with Gasteiger partial charge in [-0.1, -0.05) is 42.8 Å². The number of aromatic nitrogens is 2. The van der Waals surface area contributed by atoms with E-state index in [0.29, 0.717) is 38.2 Å². The lowest BCUT2D eigenvalue weighted by atomic mass is 9.73. The number of nitrogens with one attached hydrogen (secondary N) is 2. The average molecular weight is 461 g/mol. The van der Waals surface area contributed by atoms with Crippen LogP contribution in [0.15, 0.2) is 48.5 Å². The molecule has 0 radical (unpaired) electrons. The van der Waals surface area contributed by atoms with Crippen molar-refractivity contribution in [2.24, 2.45) is 5.41 Å². The number of benzene rings is 2. The lowest BCUT2D eigenvalue weighted by molar-refractivity contribution is -0.135. The molecule has 3 heterocycles. The minimum Gasteiger partial charge on any atom is -0.491 e. The Kier molecular flexibility index (Phi) is 6.26. The molecule has 2 aliphatic heterocycles. The van der Waals surface area contributed by atoms with E-state index >= 15 is 0 Å². The molecule has 7 nitrogen and oxygen atoms in total. The molecule has 5 rings (SSSR count). The molecule has 7 heteroatoms. The molecule has 1 fully saturated rings. The maximum Gasteiger partial charge on any atom is 0.274 e. The number of amides is 2. The first-order valence-corrected chi connectivity index (χ1v) is 12.3. The Morgan fingerprint density at radius 3 is 2.68 bits per heavy atom. The smallest absolute Gasteiger partial charge is 0.274 e. The van der Waals surface area contributed by atoms with Crippen LogP contribution in [-0.2, 0) is 11.2 Å². The molecule has 0 bridgehead atoms. The summed E-state index contributed by atoms with van der Waals surface area (Å²) in [5.74, 6) is 0.936. The second-order valence-corrected chi connectivity index (χ2v) is 9.69. The third-order valence-corrected chi connectivity index (χ3v) is 7.35. The molecule has 1 saturated heterocycles. The van der Waals surface area contributed by atoms with E-state index in [1.54, 1.807) is 0 Å². The first kappa shape index (κ1) is 22.4. The first-order valence-electron chi connectivity index (χ1n) is 12.3. The van der Waals surface area contributed by atoms with Crippen LogP contribution in [0.5, 0.6) is 5.75 Å². The molecular weight excluding hydrogens is 428 g/mol. The maximum atomic E-state index is 13.5. The number of carbonyl (C=O) groups is 2. The summed E-state index contributed by atoms with van der Waals surface area (Å²) in [7, 11) is 0. The number of piperidine rings is 1. The molecule has 2 aliphatic rings. The van der Waals surface area contributed by atoms with Crippen molar-refractivity contribution in [3.05, 3.63) is 59.8 Å². The van der Waals surface area contributed by atoms with Gasteiger partial charge in [-0.3, -0.25) is 14.7 Å². The van der Waals surface area contributed by atoms with Crippen LogP contribution in [0.25, 0.3) is 10.9 Å². The molecule has 0 unspecified atom stereocenters. The van der Waals surface area contributed by atoms with Crippen molar-refractivity contribution < 1.29 is 14.3 Å². The Hall–Kier alpha value is -3.35. The summed E-state index contributed by atoms with van der Waals surface area (Å²) in [5.41, 5.74) is 2.09. The van der Waals surface area contributed by atoms with E-state index in [4.69, 9.17) is 4.74 Å². The highest BCUT2D eigenvalue weighted by Crippen LogP contribution is 2.38. The van der Waals surface area contributed by atoms with Gasteiger partial charge in [0.05, 0.1) is 17.0 Å². The SMILES string of the molecule is C[C@@H]1COc2ccccc2CCCCC2(CCN(C(=O)c3n[nH]c4ccccc34)CC2)C(=O)N1. The molecule has 178 valence electrons. The van der Waals surface area contributed by atoms with Gasteiger partial charge in [0.1, 0.15) is 12.4 Å². The van der Waals surface area contributed by atoms with E-state index in [9.17, 15) is 9.59 Å². The van der Waals surface area contributed by atoms with E-state index < -0.39 is 5.41 Å². The number of carbonyl (C=O) groups excluding carboxylic acids is 2. The van der Waals surface area contributed by atoms with Crippen LogP contribution in [0.3, 0.4) is 0 Å². The molecule has 2 aromatic carbocycles. The highest BCUT2D eigenvalue weighted by molar-refractivity contribution is 6.04. The fraction of sp³-hybridized carbons (Fsp3) is 0.444. The Morgan fingerprint density at radius 1 is 1.06 bits per heavy atom. The number of H-pyrrole nitrogens is 1. The van der Waals surface area contributed by atoms with Gasteiger partial charge >= 0.3 is 0 Å². The number of aromatic amines is 1. The van der Waals surface area contributed by atoms with Crippen molar-refractivity contribution in [3.8, 4) is 5.75 Å². The van der Waals surface area contributed by atoms with Crippen LogP contribution in [0.1, 0.15) is 55.1 Å². The maximum absolute atomic E-state index is 13.5. The number of likely N-dealkylation sites (tertiary alicyclic amines) is 1. The minimum atomic E-state index is -0.447. The quantitative estimate of drug-likeness (QED) is 0.573. The van der Waals surface area contributed by atoms with Gasteiger partial charge in [0, 0.05) is 18.5 Å². The van der Waals surface area contributed by atoms with Gasteiger partial charge < -0.3 is 15.0 Å². The van der Waals surface area contributed by atoms with Crippen molar-refractivity contribution in [1.29, 1.82) is 0 Å². The number of hydrogen-bond acceptors (Lipinski definition) is 4.